The number of benzene rings is 1. The van der Waals surface area contributed by atoms with Crippen molar-refractivity contribution in [3.63, 3.8) is 0 Å². The highest BCUT2D eigenvalue weighted by molar-refractivity contribution is 9.10. The third-order valence-corrected chi connectivity index (χ3v) is 5.60. The van der Waals surface area contributed by atoms with Gasteiger partial charge in [-0.3, -0.25) is 0 Å². The first-order valence-electron chi connectivity index (χ1n) is 5.56. The van der Waals surface area contributed by atoms with Crippen LogP contribution in [0.25, 0.3) is 0 Å². The molecule has 1 heterocycles. The second-order valence-corrected chi connectivity index (χ2v) is 7.53. The van der Waals surface area contributed by atoms with Crippen molar-refractivity contribution in [2.24, 2.45) is 0 Å². The van der Waals surface area contributed by atoms with Crippen molar-refractivity contribution in [2.45, 2.75) is 12.5 Å². The van der Waals surface area contributed by atoms with Gasteiger partial charge >= 0.3 is 0 Å². The lowest BCUT2D eigenvalue weighted by molar-refractivity contribution is 0.601. The fraction of sp³-hybridized carbons (Fsp3) is 0.417. The minimum Gasteiger partial charge on any atom is -0.370 e. The Bertz CT molecular complexity index is 607. The zero-order chi connectivity index (χ0) is 13.3. The Morgan fingerprint density at radius 1 is 1.50 bits per heavy atom. The molecule has 18 heavy (non-hydrogen) atoms. The van der Waals surface area contributed by atoms with Crippen LogP contribution in [0.3, 0.4) is 0 Å². The molecule has 1 atom stereocenters. The molecule has 0 aliphatic carbocycles. The highest BCUT2D eigenvalue weighted by atomic mass is 79.9. The molecule has 1 saturated heterocycles. The summed E-state index contributed by atoms with van der Waals surface area (Å²) in [5.41, 5.74) is 1.49. The highest BCUT2D eigenvalue weighted by Crippen LogP contribution is 2.30. The van der Waals surface area contributed by atoms with Crippen LogP contribution in [-0.2, 0) is 9.84 Å². The highest BCUT2D eigenvalue weighted by Gasteiger charge is 2.31. The van der Waals surface area contributed by atoms with E-state index in [1.807, 2.05) is 18.0 Å². The van der Waals surface area contributed by atoms with Crippen molar-refractivity contribution in [3.05, 3.63) is 28.2 Å². The Balaban J connectivity index is 2.25. The lowest BCUT2D eigenvalue weighted by atomic mass is 10.1. The van der Waals surface area contributed by atoms with Crippen LogP contribution >= 0.6 is 15.9 Å². The Kier molecular flexibility index (Phi) is 3.64. The fourth-order valence-electron chi connectivity index (χ4n) is 2.14. The van der Waals surface area contributed by atoms with E-state index >= 15 is 0 Å². The van der Waals surface area contributed by atoms with Crippen LogP contribution in [0.1, 0.15) is 12.0 Å². The van der Waals surface area contributed by atoms with Gasteiger partial charge in [0.25, 0.3) is 0 Å². The summed E-state index contributed by atoms with van der Waals surface area (Å²) < 4.78 is 23.8. The topological polar surface area (TPSA) is 61.2 Å². The first kappa shape index (κ1) is 13.4. The Labute approximate surface area is 115 Å². The van der Waals surface area contributed by atoms with E-state index < -0.39 is 9.84 Å². The van der Waals surface area contributed by atoms with Crippen molar-refractivity contribution >= 4 is 31.5 Å². The second-order valence-electron chi connectivity index (χ2n) is 4.45. The average molecular weight is 329 g/mol. The van der Waals surface area contributed by atoms with Gasteiger partial charge in [0.1, 0.15) is 0 Å². The molecule has 1 fully saturated rings. The van der Waals surface area contributed by atoms with Gasteiger partial charge in [-0.1, -0.05) is 0 Å². The summed E-state index contributed by atoms with van der Waals surface area (Å²) in [6.07, 6.45) is 0.658. The molecule has 6 heteroatoms. The molecule has 1 aliphatic heterocycles. The van der Waals surface area contributed by atoms with Crippen LogP contribution in [0.4, 0.5) is 5.69 Å². The zero-order valence-corrected chi connectivity index (χ0v) is 12.3. The van der Waals surface area contributed by atoms with Gasteiger partial charge in [-0.2, -0.15) is 5.26 Å². The molecule has 4 nitrogen and oxygen atoms in total. The molecule has 0 amide bonds. The van der Waals surface area contributed by atoms with Crippen LogP contribution < -0.4 is 4.90 Å². The van der Waals surface area contributed by atoms with E-state index in [1.165, 1.54) is 0 Å². The number of nitrogens with zero attached hydrogens (tertiary/aromatic N) is 2. The van der Waals surface area contributed by atoms with Crippen LogP contribution in [0.15, 0.2) is 22.7 Å². The van der Waals surface area contributed by atoms with E-state index in [2.05, 4.69) is 22.0 Å². The lowest BCUT2D eigenvalue weighted by Crippen LogP contribution is -2.32. The largest absolute Gasteiger partial charge is 0.370 e. The molecule has 0 saturated carbocycles. The summed E-state index contributed by atoms with van der Waals surface area (Å²) in [5, 5.41) is 8.81. The minimum atomic E-state index is -2.88. The summed E-state index contributed by atoms with van der Waals surface area (Å²) in [7, 11) is -0.997. The molecule has 1 aromatic rings. The summed E-state index contributed by atoms with van der Waals surface area (Å²) in [4.78, 5) is 1.97. The van der Waals surface area contributed by atoms with Gasteiger partial charge in [0.2, 0.25) is 0 Å². The van der Waals surface area contributed by atoms with Gasteiger partial charge in [-0.05, 0) is 40.5 Å². The standard InChI is InChI=1S/C12H13BrN2O2S/c1-15(10-4-5-18(16,17)8-10)12-3-2-9(7-14)6-11(12)13/h2-3,6,10H,4-5,8H2,1H3. The molecule has 0 spiro atoms. The van der Waals surface area contributed by atoms with Gasteiger partial charge in [-0.25, -0.2) is 8.42 Å². The number of sulfone groups is 1. The van der Waals surface area contributed by atoms with Gasteiger partial charge < -0.3 is 4.90 Å². The predicted octanol–water partition coefficient (Wildman–Crippen LogP) is 1.94. The summed E-state index contributed by atoms with van der Waals surface area (Å²) >= 11 is 3.42. The number of nitriles is 1. The molecule has 1 aromatic carbocycles. The molecular formula is C12H13BrN2O2S. The van der Waals surface area contributed by atoms with E-state index in [0.717, 1.165) is 10.2 Å². The molecular weight excluding hydrogens is 316 g/mol. The summed E-state index contributed by atoms with van der Waals surface area (Å²) in [5.74, 6) is 0.464. The monoisotopic (exact) mass is 328 g/mol. The third-order valence-electron chi connectivity index (χ3n) is 3.21. The fourth-order valence-corrected chi connectivity index (χ4v) is 4.57. The first-order valence-corrected chi connectivity index (χ1v) is 8.17. The van der Waals surface area contributed by atoms with E-state index in [4.69, 9.17) is 5.26 Å². The summed E-state index contributed by atoms with van der Waals surface area (Å²) in [6.45, 7) is 0. The Hall–Kier alpha value is -1.06. The Morgan fingerprint density at radius 2 is 2.22 bits per heavy atom. The van der Waals surface area contributed by atoms with E-state index in [0.29, 0.717) is 12.0 Å². The van der Waals surface area contributed by atoms with E-state index in [-0.39, 0.29) is 17.5 Å². The van der Waals surface area contributed by atoms with Crippen molar-refractivity contribution in [3.8, 4) is 6.07 Å². The quantitative estimate of drug-likeness (QED) is 0.832. The van der Waals surface area contributed by atoms with Crippen LogP contribution in [0, 0.1) is 11.3 Å². The smallest absolute Gasteiger partial charge is 0.152 e. The van der Waals surface area contributed by atoms with E-state index in [1.54, 1.807) is 12.1 Å². The molecule has 0 N–H and O–H groups in total. The van der Waals surface area contributed by atoms with Crippen molar-refractivity contribution in [2.75, 3.05) is 23.5 Å². The van der Waals surface area contributed by atoms with Crippen LogP contribution in [-0.4, -0.2) is 33.0 Å². The molecule has 1 aliphatic rings. The van der Waals surface area contributed by atoms with Crippen LogP contribution in [0.2, 0.25) is 0 Å². The lowest BCUT2D eigenvalue weighted by Gasteiger charge is -2.26. The van der Waals surface area contributed by atoms with Crippen molar-refractivity contribution < 1.29 is 8.42 Å². The number of halogens is 1. The number of hydrogen-bond donors (Lipinski definition) is 0. The molecule has 96 valence electrons. The van der Waals surface area contributed by atoms with Gasteiger partial charge in [0.15, 0.2) is 9.84 Å². The van der Waals surface area contributed by atoms with E-state index in [9.17, 15) is 8.42 Å². The van der Waals surface area contributed by atoms with Gasteiger partial charge in [0, 0.05) is 17.6 Å². The SMILES string of the molecule is CN(c1ccc(C#N)cc1Br)C1CCS(=O)(=O)C1. The molecule has 1 unspecified atom stereocenters. The van der Waals surface area contributed by atoms with Crippen LogP contribution in [0.5, 0.6) is 0 Å². The van der Waals surface area contributed by atoms with Gasteiger partial charge in [-0.15, -0.1) is 0 Å². The molecule has 0 radical (unpaired) electrons. The number of anilines is 1. The Morgan fingerprint density at radius 3 is 2.72 bits per heavy atom. The molecule has 0 bridgehead atoms. The average Bonchev–Trinajstić information content (AvgIpc) is 2.68. The predicted molar refractivity (Wildman–Crippen MR) is 74.3 cm³/mol. The number of rotatable bonds is 2. The van der Waals surface area contributed by atoms with Crippen molar-refractivity contribution in [1.82, 2.24) is 0 Å². The number of hydrogen-bond acceptors (Lipinski definition) is 4. The second kappa shape index (κ2) is 4.90. The molecule has 2 rings (SSSR count). The maximum absolute atomic E-state index is 11.5. The maximum Gasteiger partial charge on any atom is 0.152 e. The third kappa shape index (κ3) is 2.68. The maximum atomic E-state index is 11.5. The van der Waals surface area contributed by atoms with Gasteiger partial charge in [0.05, 0.1) is 28.8 Å². The molecule has 0 aromatic heterocycles. The van der Waals surface area contributed by atoms with Crippen molar-refractivity contribution in [1.29, 1.82) is 5.26 Å². The minimum absolute atomic E-state index is 0.0132. The first-order chi connectivity index (χ1) is 8.43. The zero-order valence-electron chi connectivity index (χ0n) is 9.93. The normalized spacial score (nSPS) is 21.5. The summed E-state index contributed by atoms with van der Waals surface area (Å²) in [6, 6.07) is 7.41.